The van der Waals surface area contributed by atoms with Crippen molar-refractivity contribution in [2.75, 3.05) is 11.6 Å². The molecule has 0 aliphatic carbocycles. The summed E-state index contributed by atoms with van der Waals surface area (Å²) in [6.07, 6.45) is 5.31. The Morgan fingerprint density at radius 2 is 1.65 bits per heavy atom. The van der Waals surface area contributed by atoms with Gasteiger partial charge in [-0.25, -0.2) is 8.42 Å². The molecule has 0 aliphatic rings. The highest BCUT2D eigenvalue weighted by molar-refractivity contribution is 7.90. The maximum Gasteiger partial charge on any atom is 0.248 e. The van der Waals surface area contributed by atoms with Gasteiger partial charge < -0.3 is 5.32 Å². The SMILES string of the molecule is CCc1ccc(/C=C/C(=O)Nc2ccc(S(C)(=O)=O)cc2)cc1. The quantitative estimate of drug-likeness (QED) is 0.856. The number of carbonyl (C=O) groups is 1. The van der Waals surface area contributed by atoms with Crippen LogP contribution in [0.2, 0.25) is 0 Å². The molecule has 1 N–H and O–H groups in total. The first-order valence-corrected chi connectivity index (χ1v) is 9.16. The lowest BCUT2D eigenvalue weighted by atomic mass is 10.1. The summed E-state index contributed by atoms with van der Waals surface area (Å²) in [7, 11) is -3.23. The van der Waals surface area contributed by atoms with Crippen LogP contribution in [-0.4, -0.2) is 20.6 Å². The van der Waals surface area contributed by atoms with Crippen molar-refractivity contribution in [2.45, 2.75) is 18.2 Å². The van der Waals surface area contributed by atoms with Crippen molar-refractivity contribution in [1.29, 1.82) is 0 Å². The Kier molecular flexibility index (Phi) is 5.34. The average molecular weight is 329 g/mol. The molecule has 4 nitrogen and oxygen atoms in total. The van der Waals surface area contributed by atoms with Crippen molar-refractivity contribution in [3.8, 4) is 0 Å². The van der Waals surface area contributed by atoms with Crippen molar-refractivity contribution in [1.82, 2.24) is 0 Å². The van der Waals surface area contributed by atoms with Crippen LogP contribution in [0.1, 0.15) is 18.1 Å². The fraction of sp³-hybridized carbons (Fsp3) is 0.167. The Labute approximate surface area is 136 Å². The number of aryl methyl sites for hydroxylation is 1. The summed E-state index contributed by atoms with van der Waals surface area (Å²) in [4.78, 5) is 12.1. The van der Waals surface area contributed by atoms with Gasteiger partial charge in [-0.15, -0.1) is 0 Å². The van der Waals surface area contributed by atoms with Gasteiger partial charge >= 0.3 is 0 Å². The number of amides is 1. The number of carbonyl (C=O) groups excluding carboxylic acids is 1. The van der Waals surface area contributed by atoms with E-state index < -0.39 is 9.84 Å². The number of hydrogen-bond donors (Lipinski definition) is 1. The molecule has 120 valence electrons. The van der Waals surface area contributed by atoms with Crippen molar-refractivity contribution in [3.05, 3.63) is 65.7 Å². The number of sulfone groups is 1. The Morgan fingerprint density at radius 3 is 2.17 bits per heavy atom. The van der Waals surface area contributed by atoms with Crippen LogP contribution in [0.3, 0.4) is 0 Å². The maximum absolute atomic E-state index is 11.9. The zero-order valence-corrected chi connectivity index (χ0v) is 13.9. The Balaban J connectivity index is 1.99. The second kappa shape index (κ2) is 7.24. The highest BCUT2D eigenvalue weighted by Crippen LogP contribution is 2.14. The Bertz CT molecular complexity index is 804. The third kappa shape index (κ3) is 5.07. The van der Waals surface area contributed by atoms with E-state index in [1.54, 1.807) is 18.2 Å². The maximum atomic E-state index is 11.9. The third-order valence-corrected chi connectivity index (χ3v) is 4.49. The zero-order chi connectivity index (χ0) is 16.9. The molecule has 0 aliphatic heterocycles. The minimum Gasteiger partial charge on any atom is -0.323 e. The van der Waals surface area contributed by atoms with Gasteiger partial charge in [-0.05, 0) is 47.9 Å². The third-order valence-electron chi connectivity index (χ3n) is 3.37. The number of anilines is 1. The van der Waals surface area contributed by atoms with Crippen molar-refractivity contribution >= 4 is 27.5 Å². The van der Waals surface area contributed by atoms with E-state index in [1.807, 2.05) is 24.3 Å². The molecular weight excluding hydrogens is 310 g/mol. The molecule has 0 saturated carbocycles. The Hall–Kier alpha value is -2.40. The zero-order valence-electron chi connectivity index (χ0n) is 13.1. The highest BCUT2D eigenvalue weighted by atomic mass is 32.2. The Morgan fingerprint density at radius 1 is 1.04 bits per heavy atom. The van der Waals surface area contributed by atoms with Crippen LogP contribution >= 0.6 is 0 Å². The molecular formula is C18H19NO3S. The molecule has 0 atom stereocenters. The van der Waals surface area contributed by atoms with E-state index in [1.165, 1.54) is 23.8 Å². The smallest absolute Gasteiger partial charge is 0.248 e. The van der Waals surface area contributed by atoms with Gasteiger partial charge in [0, 0.05) is 18.0 Å². The minimum absolute atomic E-state index is 0.224. The van der Waals surface area contributed by atoms with Gasteiger partial charge in [-0.3, -0.25) is 4.79 Å². The van der Waals surface area contributed by atoms with E-state index in [0.29, 0.717) is 5.69 Å². The molecule has 0 fully saturated rings. The molecule has 1 amide bonds. The topological polar surface area (TPSA) is 63.2 Å². The van der Waals surface area contributed by atoms with Crippen LogP contribution in [-0.2, 0) is 21.1 Å². The summed E-state index contributed by atoms with van der Waals surface area (Å²) in [6, 6.07) is 14.1. The van der Waals surface area contributed by atoms with Crippen LogP contribution < -0.4 is 5.32 Å². The van der Waals surface area contributed by atoms with E-state index in [2.05, 4.69) is 12.2 Å². The predicted molar refractivity (Wildman–Crippen MR) is 93.0 cm³/mol. The van der Waals surface area contributed by atoms with Crippen LogP contribution in [0.25, 0.3) is 6.08 Å². The summed E-state index contributed by atoms with van der Waals surface area (Å²) >= 11 is 0. The van der Waals surface area contributed by atoms with Gasteiger partial charge in [-0.1, -0.05) is 31.2 Å². The molecule has 0 radical (unpaired) electrons. The van der Waals surface area contributed by atoms with Gasteiger partial charge in [0.05, 0.1) is 4.90 Å². The molecule has 0 saturated heterocycles. The molecule has 2 aromatic carbocycles. The highest BCUT2D eigenvalue weighted by Gasteiger charge is 2.06. The molecule has 0 heterocycles. The molecule has 2 rings (SSSR count). The van der Waals surface area contributed by atoms with Gasteiger partial charge in [0.1, 0.15) is 0 Å². The number of nitrogens with one attached hydrogen (secondary N) is 1. The lowest BCUT2D eigenvalue weighted by Gasteiger charge is -2.03. The first-order chi connectivity index (χ1) is 10.9. The number of benzene rings is 2. The van der Waals surface area contributed by atoms with Crippen molar-refractivity contribution in [2.24, 2.45) is 0 Å². The predicted octanol–water partition coefficient (Wildman–Crippen LogP) is 3.30. The second-order valence-corrected chi connectivity index (χ2v) is 7.23. The van der Waals surface area contributed by atoms with Crippen LogP contribution in [0.5, 0.6) is 0 Å². The average Bonchev–Trinajstić information content (AvgIpc) is 2.53. The largest absolute Gasteiger partial charge is 0.323 e. The van der Waals surface area contributed by atoms with Crippen LogP contribution in [0.4, 0.5) is 5.69 Å². The van der Waals surface area contributed by atoms with Crippen LogP contribution in [0, 0.1) is 0 Å². The molecule has 0 bridgehead atoms. The molecule has 23 heavy (non-hydrogen) atoms. The van der Waals surface area contributed by atoms with Crippen LogP contribution in [0.15, 0.2) is 59.5 Å². The second-order valence-electron chi connectivity index (χ2n) is 5.21. The van der Waals surface area contributed by atoms with Gasteiger partial charge in [0.15, 0.2) is 9.84 Å². The van der Waals surface area contributed by atoms with Gasteiger partial charge in [0.25, 0.3) is 0 Å². The summed E-state index contributed by atoms with van der Waals surface area (Å²) in [5, 5.41) is 2.69. The lowest BCUT2D eigenvalue weighted by Crippen LogP contribution is -2.08. The van der Waals surface area contributed by atoms with E-state index in [0.717, 1.165) is 18.2 Å². The number of rotatable bonds is 5. The monoisotopic (exact) mass is 329 g/mol. The fourth-order valence-electron chi connectivity index (χ4n) is 2.01. The van der Waals surface area contributed by atoms with Gasteiger partial charge in [0.2, 0.25) is 5.91 Å². The van der Waals surface area contributed by atoms with Gasteiger partial charge in [-0.2, -0.15) is 0 Å². The molecule has 5 heteroatoms. The van der Waals surface area contributed by atoms with E-state index in [4.69, 9.17) is 0 Å². The van der Waals surface area contributed by atoms with E-state index in [-0.39, 0.29) is 10.8 Å². The normalized spacial score (nSPS) is 11.6. The fourth-order valence-corrected chi connectivity index (χ4v) is 2.64. The first kappa shape index (κ1) is 17.0. The lowest BCUT2D eigenvalue weighted by molar-refractivity contribution is -0.111. The first-order valence-electron chi connectivity index (χ1n) is 7.26. The minimum atomic E-state index is -3.23. The molecule has 2 aromatic rings. The summed E-state index contributed by atoms with van der Waals surface area (Å²) < 4.78 is 22.7. The molecule has 0 aromatic heterocycles. The summed E-state index contributed by atoms with van der Waals surface area (Å²) in [6.45, 7) is 2.09. The van der Waals surface area contributed by atoms with E-state index >= 15 is 0 Å². The standard InChI is InChI=1S/C18H19NO3S/c1-3-14-4-6-15(7-5-14)8-13-18(20)19-16-9-11-17(12-10-16)23(2,21)22/h4-13H,3H2,1-2H3,(H,19,20)/b13-8+. The summed E-state index contributed by atoms with van der Waals surface area (Å²) in [5.41, 5.74) is 2.75. The van der Waals surface area contributed by atoms with Crippen molar-refractivity contribution in [3.63, 3.8) is 0 Å². The number of hydrogen-bond acceptors (Lipinski definition) is 3. The van der Waals surface area contributed by atoms with Crippen molar-refractivity contribution < 1.29 is 13.2 Å². The summed E-state index contributed by atoms with van der Waals surface area (Å²) in [5.74, 6) is -0.267. The van der Waals surface area contributed by atoms with E-state index in [9.17, 15) is 13.2 Å². The molecule has 0 unspecified atom stereocenters. The molecule has 0 spiro atoms.